The van der Waals surface area contributed by atoms with Crippen molar-refractivity contribution in [2.24, 2.45) is 5.90 Å². The number of rotatable bonds is 7. The maximum atomic E-state index is 11.6. The van der Waals surface area contributed by atoms with Crippen LogP contribution in [0, 0.1) is 0 Å². The monoisotopic (exact) mass is 287 g/mol. The van der Waals surface area contributed by atoms with Gasteiger partial charge in [-0.25, -0.2) is 0 Å². The molecule has 2 N–H and O–H groups in total. The molecule has 0 fully saturated rings. The number of esters is 1. The third-order valence-electron chi connectivity index (χ3n) is 2.45. The second-order valence-corrected chi connectivity index (χ2v) is 5.47. The maximum Gasteiger partial charge on any atom is 0.316 e. The molecule has 1 aromatic carbocycles. The van der Waals surface area contributed by atoms with Crippen LogP contribution >= 0.6 is 0 Å². The number of nitrogens with two attached hydrogens (primary N) is 1. The number of carbonyl (C=O) groups excluding carboxylic acids is 1. The highest BCUT2D eigenvalue weighted by atomic mass is 32.2. The maximum absolute atomic E-state index is 11.6. The smallest absolute Gasteiger partial charge is 0.316 e. The zero-order chi connectivity index (χ0) is 14.3. The Labute approximate surface area is 112 Å². The van der Waals surface area contributed by atoms with E-state index in [9.17, 15) is 13.2 Å². The molecule has 0 aliphatic heterocycles. The Balaban J connectivity index is 2.82. The quantitative estimate of drug-likeness (QED) is 0.355. The van der Waals surface area contributed by atoms with E-state index in [0.717, 1.165) is 12.8 Å². The SMILES string of the molecule is CCCCCC(=O)Oc1ccccc1S(=O)(=O)ON. The predicted octanol–water partition coefficient (Wildman–Crippen LogP) is 1.75. The minimum Gasteiger partial charge on any atom is -0.425 e. The molecule has 106 valence electrons. The van der Waals surface area contributed by atoms with Crippen molar-refractivity contribution < 1.29 is 22.2 Å². The van der Waals surface area contributed by atoms with Gasteiger partial charge in [0.15, 0.2) is 5.75 Å². The van der Waals surface area contributed by atoms with Gasteiger partial charge in [0.2, 0.25) is 0 Å². The molecular formula is C12H17NO5S. The summed E-state index contributed by atoms with van der Waals surface area (Å²) in [5, 5.41) is 0. The molecule has 0 spiro atoms. The van der Waals surface area contributed by atoms with Crippen LogP contribution in [0.15, 0.2) is 29.2 Å². The summed E-state index contributed by atoms with van der Waals surface area (Å²) in [5.74, 6) is 4.15. The molecule has 7 heteroatoms. The van der Waals surface area contributed by atoms with Gasteiger partial charge in [-0.1, -0.05) is 31.9 Å². The van der Waals surface area contributed by atoms with Crippen LogP contribution in [0.25, 0.3) is 0 Å². The van der Waals surface area contributed by atoms with Gasteiger partial charge >= 0.3 is 16.1 Å². The fraction of sp³-hybridized carbons (Fsp3) is 0.417. The summed E-state index contributed by atoms with van der Waals surface area (Å²) in [6.45, 7) is 2.02. The second-order valence-electron chi connectivity index (χ2n) is 3.93. The van der Waals surface area contributed by atoms with E-state index in [1.54, 1.807) is 6.07 Å². The van der Waals surface area contributed by atoms with Crippen molar-refractivity contribution in [2.75, 3.05) is 0 Å². The summed E-state index contributed by atoms with van der Waals surface area (Å²) in [5.41, 5.74) is 0. The van der Waals surface area contributed by atoms with E-state index in [-0.39, 0.29) is 17.1 Å². The molecule has 6 nitrogen and oxygen atoms in total. The molecule has 19 heavy (non-hydrogen) atoms. The van der Waals surface area contributed by atoms with E-state index in [4.69, 9.17) is 10.6 Å². The fourth-order valence-electron chi connectivity index (χ4n) is 1.49. The number of ether oxygens (including phenoxy) is 1. The van der Waals surface area contributed by atoms with Gasteiger partial charge in [0, 0.05) is 6.42 Å². The van der Waals surface area contributed by atoms with Crippen LogP contribution in [0.5, 0.6) is 5.75 Å². The number of para-hydroxylation sites is 1. The Morgan fingerprint density at radius 3 is 2.58 bits per heavy atom. The van der Waals surface area contributed by atoms with Crippen molar-refractivity contribution in [3.8, 4) is 5.75 Å². The molecule has 0 amide bonds. The molecule has 1 aromatic rings. The Morgan fingerprint density at radius 2 is 1.95 bits per heavy atom. The molecule has 0 atom stereocenters. The van der Waals surface area contributed by atoms with Crippen LogP contribution in [0.2, 0.25) is 0 Å². The molecule has 0 radical (unpaired) electrons. The van der Waals surface area contributed by atoms with Crippen LogP contribution in [-0.2, 0) is 19.2 Å². The highest BCUT2D eigenvalue weighted by Gasteiger charge is 2.20. The first kappa shape index (κ1) is 15.6. The summed E-state index contributed by atoms with van der Waals surface area (Å²) in [6, 6.07) is 5.69. The van der Waals surface area contributed by atoms with Crippen molar-refractivity contribution in [3.63, 3.8) is 0 Å². The molecule has 0 aliphatic carbocycles. The third-order valence-corrected chi connectivity index (χ3v) is 3.58. The molecule has 1 rings (SSSR count). The average molecular weight is 287 g/mol. The molecule has 0 bridgehead atoms. The number of hydrogen-bond donors (Lipinski definition) is 1. The van der Waals surface area contributed by atoms with Gasteiger partial charge < -0.3 is 4.74 Å². The Hall–Kier alpha value is -1.44. The minimum absolute atomic E-state index is 0.0746. The van der Waals surface area contributed by atoms with Crippen LogP contribution in [0.3, 0.4) is 0 Å². The van der Waals surface area contributed by atoms with Crippen molar-refractivity contribution in [1.29, 1.82) is 0 Å². The van der Waals surface area contributed by atoms with Gasteiger partial charge in [-0.05, 0) is 18.6 Å². The average Bonchev–Trinajstić information content (AvgIpc) is 2.39. The third kappa shape index (κ3) is 4.62. The molecular weight excluding hydrogens is 270 g/mol. The van der Waals surface area contributed by atoms with Crippen LogP contribution in [0.4, 0.5) is 0 Å². The van der Waals surface area contributed by atoms with E-state index in [0.29, 0.717) is 6.42 Å². The summed E-state index contributed by atoms with van der Waals surface area (Å²) >= 11 is 0. The summed E-state index contributed by atoms with van der Waals surface area (Å²) in [4.78, 5) is 11.3. The lowest BCUT2D eigenvalue weighted by Crippen LogP contribution is -2.15. The highest BCUT2D eigenvalue weighted by molar-refractivity contribution is 7.86. The van der Waals surface area contributed by atoms with Gasteiger partial charge in [-0.3, -0.25) is 4.79 Å². The van der Waals surface area contributed by atoms with E-state index >= 15 is 0 Å². The Morgan fingerprint density at radius 1 is 1.26 bits per heavy atom. The normalized spacial score (nSPS) is 11.3. The lowest BCUT2D eigenvalue weighted by Gasteiger charge is -2.08. The molecule has 0 saturated carbocycles. The Bertz CT molecular complexity index is 527. The highest BCUT2D eigenvalue weighted by Crippen LogP contribution is 2.24. The molecule has 0 saturated heterocycles. The largest absolute Gasteiger partial charge is 0.425 e. The molecule has 0 heterocycles. The van der Waals surface area contributed by atoms with Gasteiger partial charge in [-0.2, -0.15) is 18.6 Å². The standard InChI is InChI=1S/C12H17NO5S/c1-2-3-4-9-12(14)17-10-7-5-6-8-11(10)19(15,16)18-13/h5-8H,2-4,9,13H2,1H3. The first-order chi connectivity index (χ1) is 9.01. The summed E-state index contributed by atoms with van der Waals surface area (Å²) in [6.07, 6.45) is 2.85. The van der Waals surface area contributed by atoms with Crippen molar-refractivity contribution >= 4 is 16.1 Å². The lowest BCUT2D eigenvalue weighted by atomic mass is 10.2. The van der Waals surface area contributed by atoms with E-state index in [2.05, 4.69) is 4.28 Å². The number of unbranched alkanes of at least 4 members (excludes halogenated alkanes) is 2. The van der Waals surface area contributed by atoms with Crippen molar-refractivity contribution in [1.82, 2.24) is 0 Å². The molecule has 0 unspecified atom stereocenters. The van der Waals surface area contributed by atoms with E-state index in [1.807, 2.05) is 6.92 Å². The topological polar surface area (TPSA) is 95.7 Å². The van der Waals surface area contributed by atoms with Gasteiger partial charge in [0.05, 0.1) is 0 Å². The minimum atomic E-state index is -4.10. The summed E-state index contributed by atoms with van der Waals surface area (Å²) in [7, 11) is -4.10. The number of hydrogen-bond acceptors (Lipinski definition) is 6. The molecule has 0 aliphatic rings. The predicted molar refractivity (Wildman–Crippen MR) is 68.7 cm³/mol. The first-order valence-corrected chi connectivity index (χ1v) is 7.35. The second kappa shape index (κ2) is 7.22. The number of benzene rings is 1. The summed E-state index contributed by atoms with van der Waals surface area (Å²) < 4.78 is 32.0. The fourth-order valence-corrected chi connectivity index (χ4v) is 2.19. The lowest BCUT2D eigenvalue weighted by molar-refractivity contribution is -0.134. The van der Waals surface area contributed by atoms with Gasteiger partial charge in [0.25, 0.3) is 0 Å². The Kier molecular flexibility index (Phi) is 5.94. The zero-order valence-electron chi connectivity index (χ0n) is 10.7. The van der Waals surface area contributed by atoms with Crippen LogP contribution in [-0.4, -0.2) is 14.4 Å². The van der Waals surface area contributed by atoms with E-state index < -0.39 is 16.1 Å². The van der Waals surface area contributed by atoms with Crippen LogP contribution < -0.4 is 10.6 Å². The van der Waals surface area contributed by atoms with Crippen molar-refractivity contribution in [2.45, 2.75) is 37.5 Å². The van der Waals surface area contributed by atoms with Gasteiger partial charge in [-0.15, -0.1) is 0 Å². The molecule has 0 aromatic heterocycles. The zero-order valence-corrected chi connectivity index (χ0v) is 11.5. The number of carbonyl (C=O) groups is 1. The first-order valence-electron chi connectivity index (χ1n) is 5.94. The van der Waals surface area contributed by atoms with Crippen molar-refractivity contribution in [3.05, 3.63) is 24.3 Å². The van der Waals surface area contributed by atoms with Crippen LogP contribution in [0.1, 0.15) is 32.6 Å². The van der Waals surface area contributed by atoms with E-state index in [1.165, 1.54) is 18.2 Å². The van der Waals surface area contributed by atoms with Gasteiger partial charge in [0.1, 0.15) is 4.90 Å².